The molecular weight excluding hydrogens is 167 g/mol. The van der Waals surface area contributed by atoms with E-state index in [1.165, 1.54) is 0 Å². The molecule has 1 aliphatic rings. The SMILES string of the molecule is CC(C)c1cnn2c1C(F)CCC2. The molecule has 1 aromatic heterocycles. The smallest absolute Gasteiger partial charge is 0.142 e. The number of rotatable bonds is 1. The third-order valence-electron chi connectivity index (χ3n) is 2.66. The van der Waals surface area contributed by atoms with E-state index < -0.39 is 6.17 Å². The van der Waals surface area contributed by atoms with Crippen LogP contribution in [0.2, 0.25) is 0 Å². The molecule has 1 aliphatic heterocycles. The Morgan fingerprint density at radius 3 is 3.08 bits per heavy atom. The fourth-order valence-electron chi connectivity index (χ4n) is 1.93. The van der Waals surface area contributed by atoms with Crippen molar-refractivity contribution in [3.05, 3.63) is 17.5 Å². The van der Waals surface area contributed by atoms with Crippen molar-refractivity contribution in [3.8, 4) is 0 Å². The van der Waals surface area contributed by atoms with Gasteiger partial charge < -0.3 is 0 Å². The Bertz CT molecular complexity index is 304. The van der Waals surface area contributed by atoms with Gasteiger partial charge in [-0.15, -0.1) is 0 Å². The van der Waals surface area contributed by atoms with Gasteiger partial charge in [-0.05, 0) is 24.3 Å². The minimum Gasteiger partial charge on any atom is -0.266 e. The van der Waals surface area contributed by atoms with Gasteiger partial charge in [0, 0.05) is 6.54 Å². The molecular formula is C10H15FN2. The first-order chi connectivity index (χ1) is 6.20. The molecule has 0 bridgehead atoms. The van der Waals surface area contributed by atoms with Crippen LogP contribution in [-0.4, -0.2) is 9.78 Å². The number of hydrogen-bond donors (Lipinski definition) is 0. The van der Waals surface area contributed by atoms with E-state index in [0.717, 1.165) is 24.2 Å². The molecule has 1 unspecified atom stereocenters. The van der Waals surface area contributed by atoms with Crippen LogP contribution < -0.4 is 0 Å². The van der Waals surface area contributed by atoms with Gasteiger partial charge in [0.25, 0.3) is 0 Å². The van der Waals surface area contributed by atoms with Gasteiger partial charge in [0.2, 0.25) is 0 Å². The van der Waals surface area contributed by atoms with Crippen LogP contribution in [0.25, 0.3) is 0 Å². The number of aryl methyl sites for hydroxylation is 1. The molecule has 0 N–H and O–H groups in total. The van der Waals surface area contributed by atoms with Crippen molar-refractivity contribution in [2.45, 2.75) is 45.3 Å². The van der Waals surface area contributed by atoms with Gasteiger partial charge in [-0.3, -0.25) is 4.68 Å². The van der Waals surface area contributed by atoms with Crippen LogP contribution in [0.4, 0.5) is 4.39 Å². The lowest BCUT2D eigenvalue weighted by Crippen LogP contribution is -2.15. The van der Waals surface area contributed by atoms with Gasteiger partial charge in [-0.2, -0.15) is 5.10 Å². The van der Waals surface area contributed by atoms with Crippen LogP contribution >= 0.6 is 0 Å². The second kappa shape index (κ2) is 3.13. The Kier molecular flexibility index (Phi) is 2.10. The van der Waals surface area contributed by atoms with Crippen molar-refractivity contribution in [2.24, 2.45) is 0 Å². The lowest BCUT2D eigenvalue weighted by molar-refractivity contribution is 0.257. The van der Waals surface area contributed by atoms with Crippen LogP contribution in [0.1, 0.15) is 50.0 Å². The fourth-order valence-corrected chi connectivity index (χ4v) is 1.93. The van der Waals surface area contributed by atoms with E-state index in [1.54, 1.807) is 0 Å². The Hall–Kier alpha value is -0.860. The highest BCUT2D eigenvalue weighted by Crippen LogP contribution is 2.33. The molecule has 1 aromatic rings. The normalized spacial score (nSPS) is 22.0. The summed E-state index contributed by atoms with van der Waals surface area (Å²) < 4.78 is 15.4. The van der Waals surface area contributed by atoms with E-state index in [4.69, 9.17) is 0 Å². The van der Waals surface area contributed by atoms with Crippen molar-refractivity contribution < 1.29 is 4.39 Å². The molecule has 0 amide bonds. The van der Waals surface area contributed by atoms with E-state index in [0.29, 0.717) is 12.3 Å². The molecule has 3 heteroatoms. The van der Waals surface area contributed by atoms with E-state index in [9.17, 15) is 4.39 Å². The third-order valence-corrected chi connectivity index (χ3v) is 2.66. The summed E-state index contributed by atoms with van der Waals surface area (Å²) in [6.07, 6.45) is 2.59. The number of hydrogen-bond acceptors (Lipinski definition) is 1. The monoisotopic (exact) mass is 182 g/mol. The van der Waals surface area contributed by atoms with Crippen LogP contribution in [0.3, 0.4) is 0 Å². The molecule has 0 aliphatic carbocycles. The zero-order chi connectivity index (χ0) is 9.42. The highest BCUT2D eigenvalue weighted by atomic mass is 19.1. The Morgan fingerprint density at radius 1 is 1.62 bits per heavy atom. The van der Waals surface area contributed by atoms with Crippen LogP contribution in [0.15, 0.2) is 6.20 Å². The second-order valence-electron chi connectivity index (χ2n) is 3.97. The number of aromatic nitrogens is 2. The maximum absolute atomic E-state index is 13.6. The number of alkyl halides is 1. The molecule has 0 saturated heterocycles. The van der Waals surface area contributed by atoms with Crippen LogP contribution in [-0.2, 0) is 6.54 Å². The first kappa shape index (κ1) is 8.73. The quantitative estimate of drug-likeness (QED) is 0.653. The summed E-state index contributed by atoms with van der Waals surface area (Å²) in [5.41, 5.74) is 1.90. The summed E-state index contributed by atoms with van der Waals surface area (Å²) in [5.74, 6) is 0.375. The summed E-state index contributed by atoms with van der Waals surface area (Å²) in [6, 6.07) is 0. The average molecular weight is 182 g/mol. The average Bonchev–Trinajstić information content (AvgIpc) is 2.49. The zero-order valence-corrected chi connectivity index (χ0v) is 8.13. The highest BCUT2D eigenvalue weighted by Gasteiger charge is 2.25. The van der Waals surface area contributed by atoms with Gasteiger partial charge >= 0.3 is 0 Å². The van der Waals surface area contributed by atoms with Crippen LogP contribution in [0, 0.1) is 0 Å². The van der Waals surface area contributed by atoms with E-state index >= 15 is 0 Å². The molecule has 0 aromatic carbocycles. The molecule has 72 valence electrons. The zero-order valence-electron chi connectivity index (χ0n) is 8.13. The third kappa shape index (κ3) is 1.36. The molecule has 13 heavy (non-hydrogen) atoms. The number of halogens is 1. The predicted octanol–water partition coefficient (Wildman–Crippen LogP) is 2.81. The molecule has 0 fully saturated rings. The van der Waals surface area contributed by atoms with Gasteiger partial charge in [0.1, 0.15) is 6.17 Å². The molecule has 0 radical (unpaired) electrons. The van der Waals surface area contributed by atoms with Crippen molar-refractivity contribution in [1.29, 1.82) is 0 Å². The number of fused-ring (bicyclic) bond motifs is 1. The standard InChI is InChI=1S/C10H15FN2/c1-7(2)8-6-12-13-5-3-4-9(11)10(8)13/h6-7,9H,3-5H2,1-2H3. The minimum absolute atomic E-state index is 0.375. The molecule has 0 saturated carbocycles. The summed E-state index contributed by atoms with van der Waals surface area (Å²) in [7, 11) is 0. The van der Waals surface area contributed by atoms with E-state index in [-0.39, 0.29) is 0 Å². The summed E-state index contributed by atoms with van der Waals surface area (Å²) in [6.45, 7) is 5.04. The topological polar surface area (TPSA) is 17.8 Å². The Labute approximate surface area is 77.8 Å². The lowest BCUT2D eigenvalue weighted by atomic mass is 9.98. The van der Waals surface area contributed by atoms with Gasteiger partial charge in [0.15, 0.2) is 0 Å². The maximum atomic E-state index is 13.6. The fraction of sp³-hybridized carbons (Fsp3) is 0.700. The van der Waals surface area contributed by atoms with Crippen LogP contribution in [0.5, 0.6) is 0 Å². The lowest BCUT2D eigenvalue weighted by Gasteiger charge is -2.19. The largest absolute Gasteiger partial charge is 0.266 e. The van der Waals surface area contributed by atoms with Gasteiger partial charge in [0.05, 0.1) is 11.9 Å². The Balaban J connectivity index is 2.44. The predicted molar refractivity (Wildman–Crippen MR) is 49.4 cm³/mol. The van der Waals surface area contributed by atoms with E-state index in [2.05, 4.69) is 18.9 Å². The first-order valence-corrected chi connectivity index (χ1v) is 4.90. The summed E-state index contributed by atoms with van der Waals surface area (Å²) in [4.78, 5) is 0. The molecule has 1 atom stereocenters. The second-order valence-corrected chi connectivity index (χ2v) is 3.97. The number of nitrogens with zero attached hydrogens (tertiary/aromatic N) is 2. The Morgan fingerprint density at radius 2 is 2.38 bits per heavy atom. The van der Waals surface area contributed by atoms with Crippen molar-refractivity contribution >= 4 is 0 Å². The molecule has 0 spiro atoms. The first-order valence-electron chi connectivity index (χ1n) is 4.90. The van der Waals surface area contributed by atoms with Crippen molar-refractivity contribution in [1.82, 2.24) is 9.78 Å². The molecule has 2 nitrogen and oxygen atoms in total. The van der Waals surface area contributed by atoms with Gasteiger partial charge in [-0.1, -0.05) is 13.8 Å². The minimum atomic E-state index is -0.798. The van der Waals surface area contributed by atoms with Crippen molar-refractivity contribution in [2.75, 3.05) is 0 Å². The maximum Gasteiger partial charge on any atom is 0.142 e. The molecule has 2 heterocycles. The highest BCUT2D eigenvalue weighted by molar-refractivity contribution is 5.24. The van der Waals surface area contributed by atoms with Gasteiger partial charge in [-0.25, -0.2) is 4.39 Å². The van der Waals surface area contributed by atoms with Crippen molar-refractivity contribution in [3.63, 3.8) is 0 Å². The summed E-state index contributed by atoms with van der Waals surface area (Å²) in [5, 5.41) is 4.21. The van der Waals surface area contributed by atoms with E-state index in [1.807, 2.05) is 10.9 Å². The summed E-state index contributed by atoms with van der Waals surface area (Å²) >= 11 is 0. The molecule has 2 rings (SSSR count).